The molecule has 2 aromatic carbocycles. The van der Waals surface area contributed by atoms with E-state index < -0.39 is 10.0 Å². The number of hydrogen-bond acceptors (Lipinski definition) is 4. The first kappa shape index (κ1) is 16.8. The molecule has 0 bridgehead atoms. The first-order chi connectivity index (χ1) is 10.4. The maximum atomic E-state index is 12.0. The molecule has 0 heterocycles. The van der Waals surface area contributed by atoms with Crippen LogP contribution in [0, 0.1) is 0 Å². The van der Waals surface area contributed by atoms with Gasteiger partial charge in [0.15, 0.2) is 0 Å². The van der Waals surface area contributed by atoms with Crippen LogP contribution in [0.3, 0.4) is 0 Å². The summed E-state index contributed by atoms with van der Waals surface area (Å²) in [6, 6.07) is 11.1. The Morgan fingerprint density at radius 2 is 1.91 bits per heavy atom. The van der Waals surface area contributed by atoms with Crippen molar-refractivity contribution < 1.29 is 13.2 Å². The summed E-state index contributed by atoms with van der Waals surface area (Å²) in [5.41, 5.74) is 0.679. The number of methoxy groups -OCH3 is 1. The molecule has 2 aromatic rings. The van der Waals surface area contributed by atoms with Crippen molar-refractivity contribution in [1.82, 2.24) is 4.83 Å². The fourth-order valence-corrected chi connectivity index (χ4v) is 2.85. The Kier molecular flexibility index (Phi) is 5.44. The molecule has 0 spiro atoms. The normalized spacial score (nSPS) is 11.6. The summed E-state index contributed by atoms with van der Waals surface area (Å²) in [7, 11) is -2.18. The van der Waals surface area contributed by atoms with E-state index in [1.54, 1.807) is 25.3 Å². The van der Waals surface area contributed by atoms with Crippen molar-refractivity contribution in [3.8, 4) is 5.75 Å². The zero-order chi connectivity index (χ0) is 16.2. The van der Waals surface area contributed by atoms with Crippen LogP contribution in [0.5, 0.6) is 5.75 Å². The number of halogens is 2. The monoisotopic (exact) mass is 402 g/mol. The van der Waals surface area contributed by atoms with Crippen molar-refractivity contribution in [2.24, 2.45) is 5.10 Å². The Morgan fingerprint density at radius 1 is 1.23 bits per heavy atom. The molecule has 0 aliphatic heterocycles. The number of sulfonamides is 1. The molecule has 0 saturated carbocycles. The highest BCUT2D eigenvalue weighted by molar-refractivity contribution is 9.10. The minimum Gasteiger partial charge on any atom is -0.497 e. The average Bonchev–Trinajstić information content (AvgIpc) is 2.49. The first-order valence-electron chi connectivity index (χ1n) is 6.06. The van der Waals surface area contributed by atoms with Crippen LogP contribution in [-0.4, -0.2) is 21.7 Å². The summed E-state index contributed by atoms with van der Waals surface area (Å²) in [4.78, 5) is 2.23. The van der Waals surface area contributed by atoms with Crippen molar-refractivity contribution in [3.63, 3.8) is 0 Å². The average molecular weight is 404 g/mol. The molecule has 0 amide bonds. The van der Waals surface area contributed by atoms with Crippen LogP contribution in [-0.2, 0) is 10.0 Å². The third-order valence-electron chi connectivity index (χ3n) is 2.70. The third kappa shape index (κ3) is 4.22. The largest absolute Gasteiger partial charge is 0.497 e. The summed E-state index contributed by atoms with van der Waals surface area (Å²) >= 11 is 9.08. The lowest BCUT2D eigenvalue weighted by molar-refractivity contribution is 0.414. The molecule has 0 radical (unpaired) electrons. The molecule has 0 aromatic heterocycles. The van der Waals surface area contributed by atoms with Crippen LogP contribution in [0.25, 0.3) is 0 Å². The van der Waals surface area contributed by atoms with E-state index in [2.05, 4.69) is 25.9 Å². The molecule has 0 fully saturated rings. The summed E-state index contributed by atoms with van der Waals surface area (Å²) in [6.45, 7) is 0. The zero-order valence-corrected chi connectivity index (χ0v) is 14.6. The molecule has 5 nitrogen and oxygen atoms in total. The molecule has 8 heteroatoms. The highest BCUT2D eigenvalue weighted by Gasteiger charge is 2.12. The van der Waals surface area contributed by atoms with Crippen molar-refractivity contribution in [1.29, 1.82) is 0 Å². The fraction of sp³-hybridized carbons (Fsp3) is 0.0714. The van der Waals surface area contributed by atoms with Crippen LogP contribution in [0.4, 0.5) is 0 Å². The number of ether oxygens (including phenoxy) is 1. The van der Waals surface area contributed by atoms with E-state index in [1.807, 2.05) is 0 Å². The topological polar surface area (TPSA) is 67.8 Å². The van der Waals surface area contributed by atoms with Gasteiger partial charge in [0.25, 0.3) is 10.0 Å². The van der Waals surface area contributed by atoms with Gasteiger partial charge in [-0.25, -0.2) is 4.83 Å². The molecule has 0 unspecified atom stereocenters. The lowest BCUT2D eigenvalue weighted by Crippen LogP contribution is -2.18. The Hall–Kier alpha value is -1.57. The Morgan fingerprint density at radius 3 is 2.55 bits per heavy atom. The smallest absolute Gasteiger partial charge is 0.276 e. The molecule has 2 rings (SSSR count). The second kappa shape index (κ2) is 7.13. The Bertz CT molecular complexity index is 792. The fourth-order valence-electron chi connectivity index (χ4n) is 1.58. The van der Waals surface area contributed by atoms with Gasteiger partial charge in [0.1, 0.15) is 5.75 Å². The molecule has 0 aliphatic rings. The predicted octanol–water partition coefficient (Wildman–Crippen LogP) is 3.42. The molecule has 0 atom stereocenters. The van der Waals surface area contributed by atoms with Crippen LogP contribution < -0.4 is 9.57 Å². The van der Waals surface area contributed by atoms with Gasteiger partial charge in [-0.1, -0.05) is 27.5 Å². The highest BCUT2D eigenvalue weighted by Crippen LogP contribution is 2.21. The van der Waals surface area contributed by atoms with E-state index in [4.69, 9.17) is 16.3 Å². The third-order valence-corrected chi connectivity index (χ3v) is 4.92. The van der Waals surface area contributed by atoms with E-state index in [-0.39, 0.29) is 4.90 Å². The lowest BCUT2D eigenvalue weighted by atomic mass is 10.2. The van der Waals surface area contributed by atoms with Gasteiger partial charge in [-0.15, -0.1) is 0 Å². The number of benzene rings is 2. The predicted molar refractivity (Wildman–Crippen MR) is 90.1 cm³/mol. The molecule has 1 N–H and O–H groups in total. The van der Waals surface area contributed by atoms with Crippen molar-refractivity contribution in [2.45, 2.75) is 4.90 Å². The standard InChI is InChI=1S/C14H12BrClN2O3S/c1-21-12-4-7-14(15)10(8-12)9-17-18-22(19,20)13-5-2-11(16)3-6-13/h2-9,18H,1H3. The van der Waals surface area contributed by atoms with Gasteiger partial charge in [-0.05, 0) is 42.5 Å². The summed E-state index contributed by atoms with van der Waals surface area (Å²) in [6.07, 6.45) is 1.39. The van der Waals surface area contributed by atoms with Crippen molar-refractivity contribution in [2.75, 3.05) is 7.11 Å². The number of hydrazone groups is 1. The van der Waals surface area contributed by atoms with E-state index in [0.29, 0.717) is 16.3 Å². The Labute approximate surface area is 142 Å². The molecule has 0 saturated heterocycles. The van der Waals surface area contributed by atoms with Gasteiger partial charge in [-0.3, -0.25) is 0 Å². The quantitative estimate of drug-likeness (QED) is 0.614. The molecular formula is C14H12BrClN2O3S. The van der Waals surface area contributed by atoms with Crippen molar-refractivity contribution >= 4 is 43.8 Å². The van der Waals surface area contributed by atoms with E-state index >= 15 is 0 Å². The van der Waals surface area contributed by atoms with Crippen LogP contribution in [0.2, 0.25) is 5.02 Å². The zero-order valence-electron chi connectivity index (χ0n) is 11.5. The van der Waals surface area contributed by atoms with Gasteiger partial charge in [-0.2, -0.15) is 13.5 Å². The van der Waals surface area contributed by atoms with Gasteiger partial charge < -0.3 is 4.74 Å². The SMILES string of the molecule is COc1ccc(Br)c(C=NNS(=O)(=O)c2ccc(Cl)cc2)c1. The Balaban J connectivity index is 2.16. The molecular weight excluding hydrogens is 392 g/mol. The minimum atomic E-state index is -3.73. The van der Waals surface area contributed by atoms with Gasteiger partial charge in [0.2, 0.25) is 0 Å². The van der Waals surface area contributed by atoms with Crippen molar-refractivity contribution in [3.05, 3.63) is 57.5 Å². The molecule has 116 valence electrons. The molecule has 0 aliphatic carbocycles. The van der Waals surface area contributed by atoms with Crippen LogP contribution in [0.1, 0.15) is 5.56 Å². The summed E-state index contributed by atoms with van der Waals surface area (Å²) in [5, 5.41) is 4.23. The number of nitrogens with one attached hydrogen (secondary N) is 1. The van der Waals surface area contributed by atoms with Gasteiger partial charge in [0, 0.05) is 15.1 Å². The molecule has 22 heavy (non-hydrogen) atoms. The number of nitrogens with zero attached hydrogens (tertiary/aromatic N) is 1. The van der Waals surface area contributed by atoms with Crippen LogP contribution in [0.15, 0.2) is 56.9 Å². The van der Waals surface area contributed by atoms with E-state index in [9.17, 15) is 8.42 Å². The minimum absolute atomic E-state index is 0.0822. The van der Waals surface area contributed by atoms with E-state index in [0.717, 1.165) is 4.47 Å². The first-order valence-corrected chi connectivity index (χ1v) is 8.72. The number of rotatable bonds is 5. The summed E-state index contributed by atoms with van der Waals surface area (Å²) in [5.74, 6) is 0.644. The van der Waals surface area contributed by atoms with Crippen LogP contribution >= 0.6 is 27.5 Å². The summed E-state index contributed by atoms with van der Waals surface area (Å²) < 4.78 is 29.9. The van der Waals surface area contributed by atoms with E-state index in [1.165, 1.54) is 30.5 Å². The number of hydrogen-bond donors (Lipinski definition) is 1. The lowest BCUT2D eigenvalue weighted by Gasteiger charge is -2.05. The maximum absolute atomic E-state index is 12.0. The van der Waals surface area contributed by atoms with Gasteiger partial charge in [0.05, 0.1) is 18.2 Å². The maximum Gasteiger partial charge on any atom is 0.276 e. The van der Waals surface area contributed by atoms with Gasteiger partial charge >= 0.3 is 0 Å². The second-order valence-electron chi connectivity index (χ2n) is 4.19. The second-order valence-corrected chi connectivity index (χ2v) is 7.15. The highest BCUT2D eigenvalue weighted by atomic mass is 79.9.